The van der Waals surface area contributed by atoms with Crippen molar-refractivity contribution in [3.8, 4) is 0 Å². The molecular weight excluding hydrogens is 204 g/mol. The lowest BCUT2D eigenvalue weighted by Gasteiger charge is -2.34. The summed E-state index contributed by atoms with van der Waals surface area (Å²) >= 11 is 1.90. The van der Waals surface area contributed by atoms with Crippen molar-refractivity contribution in [1.29, 1.82) is 0 Å². The molecule has 0 amide bonds. The fourth-order valence-corrected chi connectivity index (χ4v) is 3.00. The lowest BCUT2D eigenvalue weighted by molar-refractivity contribution is 0.170. The topological polar surface area (TPSA) is 29.3 Å². The van der Waals surface area contributed by atoms with E-state index < -0.39 is 0 Å². The van der Waals surface area contributed by atoms with Gasteiger partial charge in [-0.05, 0) is 35.4 Å². The summed E-state index contributed by atoms with van der Waals surface area (Å²) in [6, 6.07) is 2.27. The van der Waals surface area contributed by atoms with Crippen molar-refractivity contribution in [3.05, 3.63) is 21.9 Å². The Balaban J connectivity index is 1.98. The Morgan fingerprint density at radius 2 is 2.33 bits per heavy atom. The summed E-state index contributed by atoms with van der Waals surface area (Å²) < 4.78 is 0. The zero-order valence-corrected chi connectivity index (χ0v) is 10.4. The summed E-state index contributed by atoms with van der Waals surface area (Å²) in [4.78, 5) is 4.11. The van der Waals surface area contributed by atoms with Crippen LogP contribution < -0.4 is 5.73 Å². The Kier molecular flexibility index (Phi) is 3.14. The molecule has 0 unspecified atom stereocenters. The summed E-state index contributed by atoms with van der Waals surface area (Å²) in [5.74, 6) is 0. The molecule has 0 aliphatic carbocycles. The molecule has 0 saturated carbocycles. The van der Waals surface area contributed by atoms with Gasteiger partial charge >= 0.3 is 0 Å². The van der Waals surface area contributed by atoms with Crippen molar-refractivity contribution in [2.45, 2.75) is 26.8 Å². The normalized spacial score (nSPS) is 17.8. The number of thiophene rings is 1. The van der Waals surface area contributed by atoms with E-state index in [2.05, 4.69) is 30.2 Å². The summed E-state index contributed by atoms with van der Waals surface area (Å²) in [7, 11) is 0. The van der Waals surface area contributed by atoms with Crippen LogP contribution in [-0.2, 0) is 13.0 Å². The first-order valence-electron chi connectivity index (χ1n) is 5.58. The van der Waals surface area contributed by atoms with Crippen LogP contribution >= 0.6 is 11.3 Å². The third kappa shape index (κ3) is 2.60. The van der Waals surface area contributed by atoms with Crippen molar-refractivity contribution in [2.24, 2.45) is 11.1 Å². The molecular formula is C12H20N2S. The van der Waals surface area contributed by atoms with Crippen molar-refractivity contribution in [1.82, 2.24) is 4.90 Å². The lowest BCUT2D eigenvalue weighted by atomic mass is 9.92. The summed E-state index contributed by atoms with van der Waals surface area (Å²) in [6.45, 7) is 8.67. The van der Waals surface area contributed by atoms with Gasteiger partial charge in [0.25, 0.3) is 0 Å². The molecule has 0 fully saturated rings. The molecule has 2 rings (SSSR count). The van der Waals surface area contributed by atoms with Gasteiger partial charge in [0.15, 0.2) is 0 Å². The average molecular weight is 224 g/mol. The van der Waals surface area contributed by atoms with Crippen LogP contribution in [0.4, 0.5) is 0 Å². The highest BCUT2D eigenvalue weighted by atomic mass is 32.1. The van der Waals surface area contributed by atoms with Crippen LogP contribution in [0.25, 0.3) is 0 Å². The van der Waals surface area contributed by atoms with Crippen LogP contribution in [-0.4, -0.2) is 24.5 Å². The van der Waals surface area contributed by atoms with Crippen LogP contribution in [0.3, 0.4) is 0 Å². The van der Waals surface area contributed by atoms with Crippen LogP contribution in [0.5, 0.6) is 0 Å². The van der Waals surface area contributed by atoms with Gasteiger partial charge in [-0.3, -0.25) is 4.90 Å². The molecule has 1 aromatic rings. The molecule has 0 aromatic carbocycles. The quantitative estimate of drug-likeness (QED) is 0.852. The maximum Gasteiger partial charge on any atom is 0.0245 e. The number of rotatable bonds is 3. The minimum absolute atomic E-state index is 0.244. The van der Waals surface area contributed by atoms with Gasteiger partial charge in [-0.2, -0.15) is 0 Å². The lowest BCUT2D eigenvalue weighted by Crippen LogP contribution is -2.40. The first-order chi connectivity index (χ1) is 7.11. The maximum atomic E-state index is 5.77. The fraction of sp³-hybridized carbons (Fsp3) is 0.667. The van der Waals surface area contributed by atoms with Gasteiger partial charge in [0, 0.05) is 24.5 Å². The third-order valence-electron chi connectivity index (χ3n) is 3.09. The predicted molar refractivity (Wildman–Crippen MR) is 66.1 cm³/mol. The predicted octanol–water partition coefficient (Wildman–Crippen LogP) is 2.09. The number of fused-ring (bicyclic) bond motifs is 1. The number of hydrogen-bond acceptors (Lipinski definition) is 3. The highest BCUT2D eigenvalue weighted by Crippen LogP contribution is 2.26. The molecule has 15 heavy (non-hydrogen) atoms. The largest absolute Gasteiger partial charge is 0.330 e. The highest BCUT2D eigenvalue weighted by molar-refractivity contribution is 7.10. The average Bonchev–Trinajstić information content (AvgIpc) is 2.64. The second-order valence-corrected chi connectivity index (χ2v) is 6.20. The Hall–Kier alpha value is -0.380. The van der Waals surface area contributed by atoms with Gasteiger partial charge in [0.05, 0.1) is 0 Å². The smallest absolute Gasteiger partial charge is 0.0245 e. The van der Waals surface area contributed by atoms with Crippen LogP contribution in [0, 0.1) is 5.41 Å². The first-order valence-corrected chi connectivity index (χ1v) is 6.46. The van der Waals surface area contributed by atoms with Crippen molar-refractivity contribution < 1.29 is 0 Å². The summed E-state index contributed by atoms with van der Waals surface area (Å²) in [5.41, 5.74) is 7.54. The molecule has 1 aromatic heterocycles. The van der Waals surface area contributed by atoms with E-state index in [1.54, 1.807) is 4.88 Å². The van der Waals surface area contributed by atoms with Crippen molar-refractivity contribution in [3.63, 3.8) is 0 Å². The number of nitrogens with zero attached hydrogens (tertiary/aromatic N) is 1. The molecule has 1 aliphatic rings. The minimum atomic E-state index is 0.244. The first kappa shape index (κ1) is 11.1. The summed E-state index contributed by atoms with van der Waals surface area (Å²) in [6.07, 6.45) is 1.22. The van der Waals surface area contributed by atoms with Crippen LogP contribution in [0.2, 0.25) is 0 Å². The standard InChI is InChI=1S/C12H20N2S/c1-12(2,8-13)9-14-5-3-11-10(7-14)4-6-15-11/h4,6H,3,5,7-9,13H2,1-2H3. The van der Waals surface area contributed by atoms with Gasteiger partial charge < -0.3 is 5.73 Å². The maximum absolute atomic E-state index is 5.77. The van der Waals surface area contributed by atoms with Gasteiger partial charge in [-0.1, -0.05) is 13.8 Å². The molecule has 0 radical (unpaired) electrons. The number of hydrogen-bond donors (Lipinski definition) is 1. The number of nitrogens with two attached hydrogens (primary N) is 1. The molecule has 1 aliphatic heterocycles. The van der Waals surface area contributed by atoms with Gasteiger partial charge in [0.2, 0.25) is 0 Å². The second kappa shape index (κ2) is 4.24. The van der Waals surface area contributed by atoms with E-state index in [0.717, 1.165) is 19.6 Å². The van der Waals surface area contributed by atoms with E-state index in [1.165, 1.54) is 18.5 Å². The van der Waals surface area contributed by atoms with E-state index in [4.69, 9.17) is 5.73 Å². The Bertz CT molecular complexity index is 330. The minimum Gasteiger partial charge on any atom is -0.330 e. The highest BCUT2D eigenvalue weighted by Gasteiger charge is 2.23. The molecule has 2 heterocycles. The molecule has 0 atom stereocenters. The molecule has 2 N–H and O–H groups in total. The molecule has 3 heteroatoms. The van der Waals surface area contributed by atoms with Crippen molar-refractivity contribution >= 4 is 11.3 Å². The van der Waals surface area contributed by atoms with Gasteiger partial charge in [-0.25, -0.2) is 0 Å². The summed E-state index contributed by atoms with van der Waals surface area (Å²) in [5, 5.41) is 2.21. The van der Waals surface area contributed by atoms with Gasteiger partial charge in [0.1, 0.15) is 0 Å². The van der Waals surface area contributed by atoms with Gasteiger partial charge in [-0.15, -0.1) is 11.3 Å². The van der Waals surface area contributed by atoms with Crippen LogP contribution in [0.1, 0.15) is 24.3 Å². The van der Waals surface area contributed by atoms with E-state index >= 15 is 0 Å². The Morgan fingerprint density at radius 3 is 3.07 bits per heavy atom. The van der Waals surface area contributed by atoms with E-state index in [1.807, 2.05) is 11.3 Å². The Labute approximate surface area is 96.1 Å². The molecule has 84 valence electrons. The Morgan fingerprint density at radius 1 is 1.53 bits per heavy atom. The third-order valence-corrected chi connectivity index (χ3v) is 4.11. The molecule has 0 bridgehead atoms. The molecule has 0 spiro atoms. The molecule has 2 nitrogen and oxygen atoms in total. The fourth-order valence-electron chi connectivity index (χ4n) is 2.11. The van der Waals surface area contributed by atoms with Crippen molar-refractivity contribution in [2.75, 3.05) is 19.6 Å². The van der Waals surface area contributed by atoms with E-state index in [9.17, 15) is 0 Å². The van der Waals surface area contributed by atoms with E-state index in [0.29, 0.717) is 0 Å². The zero-order valence-electron chi connectivity index (χ0n) is 9.62. The zero-order chi connectivity index (χ0) is 10.9. The van der Waals surface area contributed by atoms with Crippen LogP contribution in [0.15, 0.2) is 11.4 Å². The van der Waals surface area contributed by atoms with E-state index in [-0.39, 0.29) is 5.41 Å². The monoisotopic (exact) mass is 224 g/mol. The molecule has 0 saturated heterocycles. The second-order valence-electron chi connectivity index (χ2n) is 5.20. The SMILES string of the molecule is CC(C)(CN)CN1CCc2sccc2C1.